The number of amides is 1. The van der Waals surface area contributed by atoms with Crippen LogP contribution in [0.3, 0.4) is 0 Å². The molecule has 0 aliphatic heterocycles. The Morgan fingerprint density at radius 3 is 1.76 bits per heavy atom. The Bertz CT molecular complexity index is 306. The smallest absolute Gasteiger partial charge is 0.350 e. The summed E-state index contributed by atoms with van der Waals surface area (Å²) < 4.78 is 36.7. The summed E-state index contributed by atoms with van der Waals surface area (Å²) in [4.78, 5) is 11.5. The molecule has 0 spiro atoms. The van der Waals surface area contributed by atoms with Crippen LogP contribution in [0, 0.1) is 11.3 Å². The van der Waals surface area contributed by atoms with Gasteiger partial charge in [0.15, 0.2) is 0 Å². The summed E-state index contributed by atoms with van der Waals surface area (Å²) in [6.45, 7) is 15.7. The van der Waals surface area contributed by atoms with Crippen molar-refractivity contribution in [3.8, 4) is 0 Å². The fourth-order valence-corrected chi connectivity index (χ4v) is 1.74. The highest BCUT2D eigenvalue weighted by Gasteiger charge is 2.40. The summed E-state index contributed by atoms with van der Waals surface area (Å²) in [5.41, 5.74) is -0.942. The number of carbonyl (C=O) groups excluding carboxylic acids is 1. The molecule has 21 heavy (non-hydrogen) atoms. The summed E-state index contributed by atoms with van der Waals surface area (Å²) in [5.74, 6) is -0.505. The zero-order valence-corrected chi connectivity index (χ0v) is 14.7. The highest BCUT2D eigenvalue weighted by Crippen LogP contribution is 2.35. The average molecular weight is 311 g/mol. The summed E-state index contributed by atoms with van der Waals surface area (Å²) in [5, 5.41) is 2.59. The first kappa shape index (κ1) is 22.5. The Hall–Kier alpha value is -0.740. The van der Waals surface area contributed by atoms with E-state index in [0.717, 1.165) is 6.42 Å². The van der Waals surface area contributed by atoms with Crippen LogP contribution in [0.2, 0.25) is 0 Å². The van der Waals surface area contributed by atoms with Crippen molar-refractivity contribution < 1.29 is 18.0 Å². The van der Waals surface area contributed by atoms with Crippen molar-refractivity contribution in [2.24, 2.45) is 11.3 Å². The van der Waals surface area contributed by atoms with E-state index >= 15 is 0 Å². The maximum Gasteiger partial charge on any atom is 0.397 e. The summed E-state index contributed by atoms with van der Waals surface area (Å²) in [7, 11) is 0. The van der Waals surface area contributed by atoms with E-state index < -0.39 is 24.0 Å². The zero-order chi connectivity index (χ0) is 17.5. The topological polar surface area (TPSA) is 29.1 Å². The quantitative estimate of drug-likeness (QED) is 0.731. The molecule has 0 fully saturated rings. The Kier molecular flexibility index (Phi) is 9.28. The molecule has 0 aliphatic carbocycles. The molecular weight excluding hydrogens is 279 g/mol. The SMILES string of the molecule is CC.CC(C)CCC(C)(NC(=O)CC(F)(F)F)C(C)(C)C. The molecule has 5 heteroatoms. The molecule has 0 aromatic carbocycles. The van der Waals surface area contributed by atoms with Crippen LogP contribution in [0.1, 0.15) is 74.7 Å². The Morgan fingerprint density at radius 2 is 1.48 bits per heavy atom. The van der Waals surface area contributed by atoms with Gasteiger partial charge in [-0.25, -0.2) is 0 Å². The molecule has 0 rings (SSSR count). The Balaban J connectivity index is 0. The van der Waals surface area contributed by atoms with Gasteiger partial charge in [0.25, 0.3) is 0 Å². The predicted octanol–water partition coefficient (Wildman–Crippen LogP) is 5.32. The van der Waals surface area contributed by atoms with Crippen molar-refractivity contribution in [2.75, 3.05) is 0 Å². The second-order valence-corrected chi connectivity index (χ2v) is 6.85. The maximum absolute atomic E-state index is 12.2. The van der Waals surface area contributed by atoms with E-state index in [4.69, 9.17) is 0 Å². The highest BCUT2D eigenvalue weighted by atomic mass is 19.4. The first-order valence-electron chi connectivity index (χ1n) is 7.64. The van der Waals surface area contributed by atoms with Crippen molar-refractivity contribution in [2.45, 2.75) is 86.4 Å². The van der Waals surface area contributed by atoms with E-state index in [1.807, 2.05) is 41.5 Å². The van der Waals surface area contributed by atoms with Crippen LogP contribution in [-0.4, -0.2) is 17.6 Å². The van der Waals surface area contributed by atoms with Crippen LogP contribution < -0.4 is 5.32 Å². The molecule has 0 aromatic heterocycles. The lowest BCUT2D eigenvalue weighted by atomic mass is 9.71. The number of alkyl halides is 3. The third-order valence-electron chi connectivity index (χ3n) is 3.65. The molecule has 128 valence electrons. The van der Waals surface area contributed by atoms with Gasteiger partial charge in [-0.15, -0.1) is 0 Å². The van der Waals surface area contributed by atoms with Gasteiger partial charge in [-0.3, -0.25) is 4.79 Å². The average Bonchev–Trinajstić information content (AvgIpc) is 2.24. The van der Waals surface area contributed by atoms with Crippen LogP contribution >= 0.6 is 0 Å². The van der Waals surface area contributed by atoms with Crippen LogP contribution in [0.15, 0.2) is 0 Å². The molecule has 0 aromatic rings. The fourth-order valence-electron chi connectivity index (χ4n) is 1.74. The predicted molar refractivity (Wildman–Crippen MR) is 82.1 cm³/mol. The minimum Gasteiger partial charge on any atom is -0.350 e. The van der Waals surface area contributed by atoms with Crippen LogP contribution in [-0.2, 0) is 4.79 Å². The molecular formula is C16H32F3NO. The van der Waals surface area contributed by atoms with Crippen molar-refractivity contribution in [3.05, 3.63) is 0 Å². The number of halogens is 3. The van der Waals surface area contributed by atoms with E-state index in [9.17, 15) is 18.0 Å². The standard InChI is InChI=1S/C14H26F3NO.C2H6/c1-10(2)7-8-13(6,12(3,4)5)18-11(19)9-14(15,16)17;1-2/h10H,7-9H2,1-6H3,(H,18,19);1-2H3. The minimum atomic E-state index is -4.46. The first-order chi connectivity index (χ1) is 9.27. The molecule has 1 unspecified atom stereocenters. The number of rotatable bonds is 5. The van der Waals surface area contributed by atoms with Crippen LogP contribution in [0.5, 0.6) is 0 Å². The van der Waals surface area contributed by atoms with Gasteiger partial charge in [-0.1, -0.05) is 48.5 Å². The number of hydrogen-bond acceptors (Lipinski definition) is 1. The van der Waals surface area contributed by atoms with Gasteiger partial charge in [-0.05, 0) is 31.1 Å². The lowest BCUT2D eigenvalue weighted by Gasteiger charge is -2.43. The van der Waals surface area contributed by atoms with Gasteiger partial charge < -0.3 is 5.32 Å². The van der Waals surface area contributed by atoms with Crippen molar-refractivity contribution in [1.82, 2.24) is 5.32 Å². The van der Waals surface area contributed by atoms with Crippen molar-refractivity contribution in [1.29, 1.82) is 0 Å². The molecule has 0 radical (unpaired) electrons. The Morgan fingerprint density at radius 1 is 1.05 bits per heavy atom. The number of nitrogens with one attached hydrogen (secondary N) is 1. The van der Waals surface area contributed by atoms with Crippen LogP contribution in [0.4, 0.5) is 13.2 Å². The maximum atomic E-state index is 12.2. The number of hydrogen-bond donors (Lipinski definition) is 1. The lowest BCUT2D eigenvalue weighted by Crippen LogP contribution is -2.55. The summed E-state index contributed by atoms with van der Waals surface area (Å²) in [6, 6.07) is 0. The van der Waals surface area contributed by atoms with Gasteiger partial charge >= 0.3 is 6.18 Å². The molecule has 1 amide bonds. The molecule has 0 heterocycles. The van der Waals surface area contributed by atoms with E-state index in [1.165, 1.54) is 0 Å². The van der Waals surface area contributed by atoms with Gasteiger partial charge in [0.2, 0.25) is 5.91 Å². The molecule has 0 saturated heterocycles. The second-order valence-electron chi connectivity index (χ2n) is 6.85. The molecule has 1 N–H and O–H groups in total. The summed E-state index contributed by atoms with van der Waals surface area (Å²) >= 11 is 0. The van der Waals surface area contributed by atoms with E-state index in [0.29, 0.717) is 12.3 Å². The van der Waals surface area contributed by atoms with E-state index in [1.54, 1.807) is 0 Å². The Labute approximate surface area is 127 Å². The third-order valence-corrected chi connectivity index (χ3v) is 3.65. The monoisotopic (exact) mass is 311 g/mol. The van der Waals surface area contributed by atoms with Gasteiger partial charge in [0.1, 0.15) is 6.42 Å². The fraction of sp³-hybridized carbons (Fsp3) is 0.938. The zero-order valence-electron chi connectivity index (χ0n) is 14.7. The van der Waals surface area contributed by atoms with Gasteiger partial charge in [-0.2, -0.15) is 13.2 Å². The second kappa shape index (κ2) is 8.64. The van der Waals surface area contributed by atoms with Crippen LogP contribution in [0.25, 0.3) is 0 Å². The number of carbonyl (C=O) groups is 1. The lowest BCUT2D eigenvalue weighted by molar-refractivity contribution is -0.156. The third kappa shape index (κ3) is 9.75. The molecule has 0 saturated carbocycles. The molecule has 0 aliphatic rings. The van der Waals surface area contributed by atoms with E-state index in [-0.39, 0.29) is 5.41 Å². The van der Waals surface area contributed by atoms with E-state index in [2.05, 4.69) is 19.2 Å². The van der Waals surface area contributed by atoms with Crippen molar-refractivity contribution >= 4 is 5.91 Å². The largest absolute Gasteiger partial charge is 0.397 e. The first-order valence-corrected chi connectivity index (χ1v) is 7.64. The van der Waals surface area contributed by atoms with Gasteiger partial charge in [0, 0.05) is 5.54 Å². The molecule has 1 atom stereocenters. The summed E-state index contributed by atoms with van der Waals surface area (Å²) in [6.07, 6.45) is -4.35. The molecule has 2 nitrogen and oxygen atoms in total. The minimum absolute atomic E-state index is 0.302. The van der Waals surface area contributed by atoms with Gasteiger partial charge in [0.05, 0.1) is 0 Å². The molecule has 0 bridgehead atoms. The highest BCUT2D eigenvalue weighted by molar-refractivity contribution is 5.77. The van der Waals surface area contributed by atoms with Crippen molar-refractivity contribution in [3.63, 3.8) is 0 Å². The normalized spacial score (nSPS) is 15.0.